The van der Waals surface area contributed by atoms with E-state index in [4.69, 9.17) is 0 Å². The van der Waals surface area contributed by atoms with E-state index in [9.17, 15) is 0 Å². The Morgan fingerprint density at radius 3 is 2.13 bits per heavy atom. The van der Waals surface area contributed by atoms with E-state index in [1.807, 2.05) is 64.6 Å². The number of hydrogen-bond acceptors (Lipinski definition) is 3. The number of nitrogens with zero attached hydrogens (tertiary/aromatic N) is 4. The summed E-state index contributed by atoms with van der Waals surface area (Å²) >= 11 is 0. The molecule has 0 aliphatic heterocycles. The quantitative estimate of drug-likeness (QED) is 0.752. The number of aryl methyl sites for hydroxylation is 1. The van der Waals surface area contributed by atoms with E-state index in [0.29, 0.717) is 0 Å². The molecule has 2 aromatic heterocycles. The largest absolute Gasteiger partial charge is 0.360 e. The molecule has 0 unspecified atom stereocenters. The van der Waals surface area contributed by atoms with E-state index < -0.39 is 0 Å². The first-order valence-electron chi connectivity index (χ1n) is 8.85. The summed E-state index contributed by atoms with van der Waals surface area (Å²) in [6, 6.07) is 5.97. The van der Waals surface area contributed by atoms with E-state index >= 15 is 0 Å². The van der Waals surface area contributed by atoms with E-state index in [2.05, 4.69) is 40.3 Å². The highest BCUT2D eigenvalue weighted by molar-refractivity contribution is 5.35. The maximum Gasteiger partial charge on any atom is 0.128 e. The molecular weight excluding hydrogens is 284 g/mol. The van der Waals surface area contributed by atoms with Gasteiger partial charge in [-0.2, -0.15) is 0 Å². The van der Waals surface area contributed by atoms with Gasteiger partial charge in [0.25, 0.3) is 0 Å². The highest BCUT2D eigenvalue weighted by atomic mass is 15.2. The fourth-order valence-corrected chi connectivity index (χ4v) is 1.71. The fraction of sp³-hybridized carbons (Fsp3) is 0.579. The summed E-state index contributed by atoms with van der Waals surface area (Å²) in [4.78, 5) is 10.3. The average molecular weight is 321 g/mol. The molecule has 0 bridgehead atoms. The second-order valence-corrected chi connectivity index (χ2v) is 4.41. The molecule has 4 heteroatoms. The van der Waals surface area contributed by atoms with E-state index in [0.717, 1.165) is 25.3 Å². The first-order valence-corrected chi connectivity index (χ1v) is 8.85. The van der Waals surface area contributed by atoms with Gasteiger partial charge in [-0.05, 0) is 25.0 Å². The molecule has 132 valence electrons. The number of aromatic nitrogens is 3. The third-order valence-corrected chi connectivity index (χ3v) is 2.64. The number of rotatable bonds is 5. The van der Waals surface area contributed by atoms with Gasteiger partial charge in [-0.15, -0.1) is 0 Å². The molecule has 0 spiro atoms. The Hall–Kier alpha value is -1.84. The molecule has 2 heterocycles. The van der Waals surface area contributed by atoms with Crippen molar-refractivity contribution in [1.82, 2.24) is 14.5 Å². The number of hydrogen-bond donors (Lipinski definition) is 0. The summed E-state index contributed by atoms with van der Waals surface area (Å²) in [6.07, 6.45) is 9.77. The zero-order valence-electron chi connectivity index (χ0n) is 16.2. The lowest BCUT2D eigenvalue weighted by Crippen LogP contribution is -2.18. The summed E-state index contributed by atoms with van der Waals surface area (Å²) in [5, 5.41) is 0. The van der Waals surface area contributed by atoms with Crippen molar-refractivity contribution in [3.63, 3.8) is 0 Å². The molecule has 23 heavy (non-hydrogen) atoms. The lowest BCUT2D eigenvalue weighted by Gasteiger charge is -2.15. The number of imidazole rings is 1. The lowest BCUT2D eigenvalue weighted by molar-refractivity contribution is 0.678. The van der Waals surface area contributed by atoms with Crippen molar-refractivity contribution in [2.75, 3.05) is 18.5 Å². The first kappa shape index (κ1) is 23.4. The van der Waals surface area contributed by atoms with Crippen LogP contribution in [-0.2, 0) is 6.54 Å². The molecule has 0 fully saturated rings. The van der Waals surface area contributed by atoms with Crippen molar-refractivity contribution < 1.29 is 0 Å². The van der Waals surface area contributed by atoms with E-state index in [1.54, 1.807) is 6.20 Å². The minimum Gasteiger partial charge on any atom is -0.360 e. The van der Waals surface area contributed by atoms with Crippen LogP contribution in [0.3, 0.4) is 0 Å². The van der Waals surface area contributed by atoms with Gasteiger partial charge in [-0.3, -0.25) is 0 Å². The Morgan fingerprint density at radius 2 is 1.70 bits per heavy atom. The first-order chi connectivity index (χ1) is 11.3. The smallest absolute Gasteiger partial charge is 0.128 e. The molecule has 0 aromatic carbocycles. The second kappa shape index (κ2) is 18.2. The summed E-state index contributed by atoms with van der Waals surface area (Å²) < 4.78 is 2.07. The molecule has 0 atom stereocenters. The van der Waals surface area contributed by atoms with Gasteiger partial charge in [-0.1, -0.05) is 47.6 Å². The van der Waals surface area contributed by atoms with Crippen LogP contribution in [0, 0.1) is 0 Å². The summed E-state index contributed by atoms with van der Waals surface area (Å²) in [7, 11) is 2.06. The molecule has 0 radical (unpaired) electrons. The number of anilines is 1. The molecule has 2 rings (SSSR count). The van der Waals surface area contributed by atoms with Crippen LogP contribution in [0.1, 0.15) is 54.4 Å². The third-order valence-electron chi connectivity index (χ3n) is 2.64. The van der Waals surface area contributed by atoms with Crippen LogP contribution in [0.4, 0.5) is 5.82 Å². The van der Waals surface area contributed by atoms with Crippen LogP contribution in [0.5, 0.6) is 0 Å². The minimum absolute atomic E-state index is 1.05. The average Bonchev–Trinajstić information content (AvgIpc) is 3.14. The molecular formula is C19H36N4. The minimum atomic E-state index is 1.05. The summed E-state index contributed by atoms with van der Waals surface area (Å²) in [6.45, 7) is 14.5. The predicted octanol–water partition coefficient (Wildman–Crippen LogP) is 5.27. The van der Waals surface area contributed by atoms with Crippen LogP contribution in [0.2, 0.25) is 0 Å². The second-order valence-electron chi connectivity index (χ2n) is 4.41. The maximum atomic E-state index is 4.22. The Morgan fingerprint density at radius 1 is 1.00 bits per heavy atom. The number of pyridine rings is 1. The van der Waals surface area contributed by atoms with Gasteiger partial charge in [0.2, 0.25) is 0 Å². The lowest BCUT2D eigenvalue weighted by atomic mass is 10.4. The van der Waals surface area contributed by atoms with Crippen LogP contribution in [0.15, 0.2) is 43.1 Å². The van der Waals surface area contributed by atoms with Crippen molar-refractivity contribution in [2.24, 2.45) is 0 Å². The van der Waals surface area contributed by atoms with Gasteiger partial charge in [0, 0.05) is 38.7 Å². The Bertz CT molecular complexity index is 412. The van der Waals surface area contributed by atoms with Gasteiger partial charge in [0.05, 0.1) is 6.33 Å². The molecule has 0 saturated carbocycles. The fourth-order valence-electron chi connectivity index (χ4n) is 1.71. The maximum absolute atomic E-state index is 4.22. The summed E-state index contributed by atoms with van der Waals surface area (Å²) in [5.74, 6) is 1.05. The van der Waals surface area contributed by atoms with Crippen molar-refractivity contribution in [1.29, 1.82) is 0 Å². The van der Waals surface area contributed by atoms with E-state index in [1.165, 1.54) is 6.42 Å². The summed E-state index contributed by atoms with van der Waals surface area (Å²) in [5.41, 5.74) is 0. The van der Waals surface area contributed by atoms with Crippen LogP contribution in [0.25, 0.3) is 0 Å². The SMILES string of the molecule is CC.CC.CCCN(C)c1ccccn1.CCCn1ccnc1. The van der Waals surface area contributed by atoms with Crippen LogP contribution in [-0.4, -0.2) is 28.1 Å². The van der Waals surface area contributed by atoms with Gasteiger partial charge in [-0.25, -0.2) is 9.97 Å². The van der Waals surface area contributed by atoms with Gasteiger partial charge in [0.1, 0.15) is 5.82 Å². The standard InChI is InChI=1S/C9H14N2.C6H10N2.2C2H6/c1-3-8-11(2)9-6-4-5-7-10-9;1-2-4-8-5-3-7-6-8;2*1-2/h4-7H,3,8H2,1-2H3;3,5-6H,2,4H2,1H3;2*1-2H3. The molecule has 0 amide bonds. The zero-order valence-corrected chi connectivity index (χ0v) is 16.2. The van der Waals surface area contributed by atoms with Gasteiger partial charge >= 0.3 is 0 Å². The normalized spacial score (nSPS) is 8.48. The predicted molar refractivity (Wildman–Crippen MR) is 103 cm³/mol. The monoisotopic (exact) mass is 320 g/mol. The highest BCUT2D eigenvalue weighted by Gasteiger charge is 1.96. The Balaban J connectivity index is 0. The molecule has 0 saturated heterocycles. The van der Waals surface area contributed by atoms with Crippen LogP contribution < -0.4 is 4.90 Å². The molecule has 0 N–H and O–H groups in total. The van der Waals surface area contributed by atoms with Crippen molar-refractivity contribution in [3.8, 4) is 0 Å². The molecule has 2 aromatic rings. The molecule has 0 aliphatic carbocycles. The van der Waals surface area contributed by atoms with E-state index in [-0.39, 0.29) is 0 Å². The third kappa shape index (κ3) is 12.4. The molecule has 4 nitrogen and oxygen atoms in total. The Labute approximate surface area is 143 Å². The van der Waals surface area contributed by atoms with Crippen LogP contribution >= 0.6 is 0 Å². The Kier molecular flexibility index (Phi) is 18.5. The zero-order chi connectivity index (χ0) is 17.9. The molecule has 0 aliphatic rings. The highest BCUT2D eigenvalue weighted by Crippen LogP contribution is 2.05. The van der Waals surface area contributed by atoms with Crippen molar-refractivity contribution in [3.05, 3.63) is 43.1 Å². The van der Waals surface area contributed by atoms with Crippen molar-refractivity contribution >= 4 is 5.82 Å². The topological polar surface area (TPSA) is 34.0 Å². The van der Waals surface area contributed by atoms with Gasteiger partial charge < -0.3 is 9.47 Å². The van der Waals surface area contributed by atoms with Gasteiger partial charge in [0.15, 0.2) is 0 Å². The van der Waals surface area contributed by atoms with Crippen molar-refractivity contribution in [2.45, 2.75) is 60.9 Å².